The second kappa shape index (κ2) is 5.17. The Balaban J connectivity index is 1.74. The minimum atomic E-state index is -0.948. The number of aliphatic carboxylic acids is 1. The fraction of sp³-hybridized carbons (Fsp3) is 0.556. The van der Waals surface area contributed by atoms with Crippen LogP contribution in [0.15, 0.2) is 4.42 Å². The molecule has 1 saturated carbocycles. The van der Waals surface area contributed by atoms with E-state index in [0.717, 1.165) is 24.6 Å². The van der Waals surface area contributed by atoms with E-state index in [2.05, 4.69) is 15.5 Å². The Morgan fingerprint density at radius 1 is 1.41 bits per heavy atom. The highest BCUT2D eigenvalue weighted by Gasteiger charge is 2.29. The Morgan fingerprint density at radius 3 is 2.82 bits per heavy atom. The third-order valence-electron chi connectivity index (χ3n) is 2.07. The number of thioether (sulfide) groups is 1. The molecular formula is C9H11N3O4S. The molecule has 1 aliphatic carbocycles. The Morgan fingerprint density at radius 2 is 2.18 bits per heavy atom. The summed E-state index contributed by atoms with van der Waals surface area (Å²) in [6.07, 6.45) is 2.09. The summed E-state index contributed by atoms with van der Waals surface area (Å²) in [5, 5.41) is 18.3. The Bertz CT molecular complexity index is 430. The highest BCUT2D eigenvalue weighted by molar-refractivity contribution is 8.00. The highest BCUT2D eigenvalue weighted by Crippen LogP contribution is 2.39. The predicted molar refractivity (Wildman–Crippen MR) is 59.9 cm³/mol. The maximum Gasteiger partial charge on any atom is 0.322 e. The van der Waals surface area contributed by atoms with Crippen molar-refractivity contribution in [3.05, 3.63) is 5.89 Å². The predicted octanol–water partition coefficient (Wildman–Crippen LogP) is 0.703. The number of anilines is 1. The maximum absolute atomic E-state index is 11.3. The molecule has 1 aromatic rings. The van der Waals surface area contributed by atoms with Crippen molar-refractivity contribution >= 4 is 29.7 Å². The number of amides is 1. The first-order valence-corrected chi connectivity index (χ1v) is 6.23. The molecule has 2 N–H and O–H groups in total. The third kappa shape index (κ3) is 3.74. The summed E-state index contributed by atoms with van der Waals surface area (Å²) in [5.74, 6) is -0.454. The van der Waals surface area contributed by atoms with Crippen molar-refractivity contribution in [1.29, 1.82) is 0 Å². The molecule has 1 fully saturated rings. The maximum atomic E-state index is 11.3. The molecule has 7 nitrogen and oxygen atoms in total. The molecular weight excluding hydrogens is 246 g/mol. The summed E-state index contributed by atoms with van der Waals surface area (Å²) in [6, 6.07) is 0.0767. The Labute approximate surface area is 101 Å². The molecule has 2 rings (SSSR count). The number of hydrogen-bond acceptors (Lipinski definition) is 6. The van der Waals surface area contributed by atoms with Gasteiger partial charge in [-0.3, -0.25) is 14.9 Å². The van der Waals surface area contributed by atoms with E-state index in [1.54, 1.807) is 0 Å². The van der Waals surface area contributed by atoms with Crippen LogP contribution in [0.25, 0.3) is 0 Å². The zero-order valence-corrected chi connectivity index (χ0v) is 9.70. The number of carbonyl (C=O) groups is 2. The SMILES string of the molecule is O=C(O)CSCC(=O)Nc1nnc(C2CC2)o1. The van der Waals surface area contributed by atoms with Crippen molar-refractivity contribution in [2.45, 2.75) is 18.8 Å². The average molecular weight is 257 g/mol. The van der Waals surface area contributed by atoms with Crippen LogP contribution in [0.3, 0.4) is 0 Å². The van der Waals surface area contributed by atoms with Crippen molar-refractivity contribution in [1.82, 2.24) is 10.2 Å². The molecule has 1 aromatic heterocycles. The van der Waals surface area contributed by atoms with Gasteiger partial charge in [-0.1, -0.05) is 5.10 Å². The Hall–Kier alpha value is -1.57. The van der Waals surface area contributed by atoms with E-state index in [-0.39, 0.29) is 23.4 Å². The quantitative estimate of drug-likeness (QED) is 0.772. The molecule has 0 radical (unpaired) electrons. The van der Waals surface area contributed by atoms with Crippen LogP contribution < -0.4 is 5.32 Å². The van der Waals surface area contributed by atoms with Crippen LogP contribution in [0.5, 0.6) is 0 Å². The van der Waals surface area contributed by atoms with Gasteiger partial charge in [-0.05, 0) is 12.8 Å². The van der Waals surface area contributed by atoms with Crippen LogP contribution in [0.4, 0.5) is 6.01 Å². The zero-order chi connectivity index (χ0) is 12.3. The molecule has 0 atom stereocenters. The standard InChI is InChI=1S/C9H11N3O4S/c13-6(3-17-4-7(14)15)10-9-12-11-8(16-9)5-1-2-5/h5H,1-4H2,(H,14,15)(H,10,12,13). The number of carboxylic acid groups (broad SMARTS) is 1. The lowest BCUT2D eigenvalue weighted by atomic mass is 10.4. The molecule has 1 aliphatic rings. The first kappa shape index (κ1) is 11.9. The number of carboxylic acids is 1. The van der Waals surface area contributed by atoms with E-state index < -0.39 is 5.97 Å². The molecule has 0 bridgehead atoms. The van der Waals surface area contributed by atoms with E-state index >= 15 is 0 Å². The van der Waals surface area contributed by atoms with Gasteiger partial charge in [-0.15, -0.1) is 16.9 Å². The summed E-state index contributed by atoms with van der Waals surface area (Å²) in [4.78, 5) is 21.6. The van der Waals surface area contributed by atoms with Crippen LogP contribution in [-0.2, 0) is 9.59 Å². The summed E-state index contributed by atoms with van der Waals surface area (Å²) in [6.45, 7) is 0. The summed E-state index contributed by atoms with van der Waals surface area (Å²) < 4.78 is 5.23. The van der Waals surface area contributed by atoms with E-state index in [0.29, 0.717) is 11.8 Å². The summed E-state index contributed by atoms with van der Waals surface area (Å²) >= 11 is 1.01. The molecule has 0 aliphatic heterocycles. The minimum Gasteiger partial charge on any atom is -0.481 e. The van der Waals surface area contributed by atoms with Gasteiger partial charge in [0.2, 0.25) is 11.8 Å². The lowest BCUT2D eigenvalue weighted by molar-refractivity contribution is -0.133. The van der Waals surface area contributed by atoms with Crippen molar-refractivity contribution in [3.63, 3.8) is 0 Å². The topological polar surface area (TPSA) is 105 Å². The lowest BCUT2D eigenvalue weighted by Gasteiger charge is -1.98. The number of aromatic nitrogens is 2. The van der Waals surface area contributed by atoms with Gasteiger partial charge in [-0.2, -0.15) is 0 Å². The number of nitrogens with one attached hydrogen (secondary N) is 1. The minimum absolute atomic E-state index is 0.0490. The van der Waals surface area contributed by atoms with Crippen molar-refractivity contribution < 1.29 is 19.1 Å². The first-order chi connectivity index (χ1) is 8.15. The normalized spacial score (nSPS) is 14.6. The molecule has 1 amide bonds. The van der Waals surface area contributed by atoms with Crippen LogP contribution >= 0.6 is 11.8 Å². The fourth-order valence-corrected chi connectivity index (χ4v) is 1.70. The molecule has 0 saturated heterocycles. The molecule has 8 heteroatoms. The fourth-order valence-electron chi connectivity index (χ4n) is 1.17. The number of carbonyl (C=O) groups excluding carboxylic acids is 1. The van der Waals surface area contributed by atoms with E-state index in [1.807, 2.05) is 0 Å². The van der Waals surface area contributed by atoms with Crippen LogP contribution in [0, 0.1) is 0 Å². The van der Waals surface area contributed by atoms with E-state index in [9.17, 15) is 9.59 Å². The first-order valence-electron chi connectivity index (χ1n) is 5.08. The smallest absolute Gasteiger partial charge is 0.322 e. The van der Waals surface area contributed by atoms with Crippen molar-refractivity contribution in [2.75, 3.05) is 16.8 Å². The molecule has 17 heavy (non-hydrogen) atoms. The number of rotatable bonds is 6. The number of hydrogen-bond donors (Lipinski definition) is 2. The third-order valence-corrected chi connectivity index (χ3v) is 2.99. The number of nitrogens with zero attached hydrogens (tertiary/aromatic N) is 2. The van der Waals surface area contributed by atoms with E-state index in [1.165, 1.54) is 0 Å². The largest absolute Gasteiger partial charge is 0.481 e. The van der Waals surface area contributed by atoms with Gasteiger partial charge in [-0.25, -0.2) is 0 Å². The zero-order valence-electron chi connectivity index (χ0n) is 8.88. The van der Waals surface area contributed by atoms with Crippen molar-refractivity contribution in [2.24, 2.45) is 0 Å². The molecule has 0 unspecified atom stereocenters. The highest BCUT2D eigenvalue weighted by atomic mass is 32.2. The second-order valence-electron chi connectivity index (χ2n) is 3.65. The molecule has 0 spiro atoms. The second-order valence-corrected chi connectivity index (χ2v) is 4.64. The van der Waals surface area contributed by atoms with Crippen molar-refractivity contribution in [3.8, 4) is 0 Å². The molecule has 92 valence electrons. The van der Waals surface area contributed by atoms with Gasteiger partial charge in [0.1, 0.15) is 0 Å². The van der Waals surface area contributed by atoms with Crippen LogP contribution in [0.2, 0.25) is 0 Å². The van der Waals surface area contributed by atoms with Gasteiger partial charge in [0.05, 0.1) is 11.5 Å². The van der Waals surface area contributed by atoms with Gasteiger partial charge in [0.25, 0.3) is 0 Å². The van der Waals surface area contributed by atoms with Gasteiger partial charge in [0.15, 0.2) is 0 Å². The lowest BCUT2D eigenvalue weighted by Crippen LogP contribution is -2.15. The van der Waals surface area contributed by atoms with Crippen LogP contribution in [-0.4, -0.2) is 38.7 Å². The summed E-state index contributed by atoms with van der Waals surface area (Å²) in [7, 11) is 0. The summed E-state index contributed by atoms with van der Waals surface area (Å²) in [5.41, 5.74) is 0. The molecule has 1 heterocycles. The van der Waals surface area contributed by atoms with Crippen LogP contribution in [0.1, 0.15) is 24.7 Å². The van der Waals surface area contributed by atoms with Gasteiger partial charge >= 0.3 is 12.0 Å². The average Bonchev–Trinajstić information content (AvgIpc) is 3.00. The van der Waals surface area contributed by atoms with Gasteiger partial charge in [0, 0.05) is 5.92 Å². The monoisotopic (exact) mass is 257 g/mol. The van der Waals surface area contributed by atoms with E-state index in [4.69, 9.17) is 9.52 Å². The molecule has 0 aromatic carbocycles. The van der Waals surface area contributed by atoms with Gasteiger partial charge < -0.3 is 9.52 Å². The Kier molecular flexibility index (Phi) is 3.62.